The van der Waals surface area contributed by atoms with E-state index in [4.69, 9.17) is 4.74 Å². The third-order valence-electron chi connectivity index (χ3n) is 3.89. The molecule has 0 saturated heterocycles. The summed E-state index contributed by atoms with van der Waals surface area (Å²) in [6.45, 7) is 5.81. The molecule has 0 amide bonds. The molecule has 0 bridgehead atoms. The minimum atomic E-state index is -0.263. The van der Waals surface area contributed by atoms with Crippen LogP contribution in [0, 0.1) is 12.8 Å². The number of nitrogens with one attached hydrogen (secondary N) is 1. The van der Waals surface area contributed by atoms with Crippen molar-refractivity contribution in [1.82, 2.24) is 5.32 Å². The van der Waals surface area contributed by atoms with Crippen LogP contribution < -0.4 is 10.1 Å². The quantitative estimate of drug-likeness (QED) is 0.757. The van der Waals surface area contributed by atoms with Crippen molar-refractivity contribution in [2.24, 2.45) is 5.92 Å². The largest absolute Gasteiger partial charge is 0.492 e. The summed E-state index contributed by atoms with van der Waals surface area (Å²) >= 11 is 0. The fourth-order valence-electron chi connectivity index (χ4n) is 2.40. The van der Waals surface area contributed by atoms with Crippen LogP contribution >= 0.6 is 0 Å². The molecule has 3 heteroatoms. The van der Waals surface area contributed by atoms with Gasteiger partial charge in [-0.2, -0.15) is 0 Å². The molecular weight excluding hydrogens is 238 g/mol. The molecule has 0 spiro atoms. The Bertz CT molecular complexity index is 386. The molecule has 19 heavy (non-hydrogen) atoms. The molecule has 2 N–H and O–H groups in total. The third-order valence-corrected chi connectivity index (χ3v) is 3.89. The number of aliphatic hydroxyl groups excluding tert-OH is 1. The Kier molecular flexibility index (Phi) is 4.83. The third kappa shape index (κ3) is 3.71. The Morgan fingerprint density at radius 2 is 2.00 bits per heavy atom. The van der Waals surface area contributed by atoms with Crippen molar-refractivity contribution in [1.29, 1.82) is 0 Å². The Labute approximate surface area is 116 Å². The van der Waals surface area contributed by atoms with Gasteiger partial charge in [0.15, 0.2) is 0 Å². The molecule has 1 fully saturated rings. The van der Waals surface area contributed by atoms with Crippen molar-refractivity contribution in [2.45, 2.75) is 38.6 Å². The van der Waals surface area contributed by atoms with E-state index in [1.807, 2.05) is 24.3 Å². The number of rotatable bonds is 8. The van der Waals surface area contributed by atoms with Gasteiger partial charge in [-0.25, -0.2) is 0 Å². The lowest BCUT2D eigenvalue weighted by molar-refractivity contribution is 0.0851. The smallest absolute Gasteiger partial charge is 0.119 e. The second-order valence-electron chi connectivity index (χ2n) is 5.62. The average Bonchev–Trinajstić information content (AvgIpc) is 3.26. The van der Waals surface area contributed by atoms with Crippen LogP contribution in [0.25, 0.3) is 0 Å². The highest BCUT2D eigenvalue weighted by atomic mass is 16.5. The fourth-order valence-corrected chi connectivity index (χ4v) is 2.40. The number of aryl methyl sites for hydroxylation is 1. The van der Waals surface area contributed by atoms with E-state index in [-0.39, 0.29) is 12.1 Å². The predicted octanol–water partition coefficient (Wildman–Crippen LogP) is 2.51. The molecule has 1 unspecified atom stereocenters. The van der Waals surface area contributed by atoms with Crippen LogP contribution in [-0.2, 0) is 0 Å². The zero-order valence-corrected chi connectivity index (χ0v) is 12.0. The van der Waals surface area contributed by atoms with Crippen LogP contribution in [0.3, 0.4) is 0 Å². The molecule has 1 aromatic rings. The average molecular weight is 263 g/mol. The molecule has 0 aliphatic heterocycles. The molecule has 0 heterocycles. The summed E-state index contributed by atoms with van der Waals surface area (Å²) in [5.74, 6) is 1.43. The van der Waals surface area contributed by atoms with Crippen LogP contribution in [0.2, 0.25) is 0 Å². The van der Waals surface area contributed by atoms with Crippen molar-refractivity contribution in [2.75, 3.05) is 19.8 Å². The second-order valence-corrected chi connectivity index (χ2v) is 5.62. The van der Waals surface area contributed by atoms with Crippen LogP contribution in [0.15, 0.2) is 24.3 Å². The van der Waals surface area contributed by atoms with E-state index in [1.54, 1.807) is 0 Å². The maximum Gasteiger partial charge on any atom is 0.119 e. The van der Waals surface area contributed by atoms with E-state index in [1.165, 1.54) is 18.4 Å². The van der Waals surface area contributed by atoms with Gasteiger partial charge in [-0.15, -0.1) is 0 Å². The van der Waals surface area contributed by atoms with Gasteiger partial charge in [-0.3, -0.25) is 0 Å². The number of hydrogen-bond donors (Lipinski definition) is 2. The zero-order valence-electron chi connectivity index (χ0n) is 12.0. The van der Waals surface area contributed by atoms with E-state index < -0.39 is 0 Å². The Balaban J connectivity index is 1.97. The SMILES string of the molecule is CCCNC(CO)(COc1ccc(C)cc1)C1CC1. The predicted molar refractivity (Wildman–Crippen MR) is 77.5 cm³/mol. The van der Waals surface area contributed by atoms with Gasteiger partial charge in [0, 0.05) is 0 Å². The zero-order chi connectivity index (χ0) is 13.7. The Morgan fingerprint density at radius 1 is 1.32 bits per heavy atom. The van der Waals surface area contributed by atoms with Crippen molar-refractivity contribution in [3.05, 3.63) is 29.8 Å². The van der Waals surface area contributed by atoms with Gasteiger partial charge < -0.3 is 15.2 Å². The Hall–Kier alpha value is -1.06. The van der Waals surface area contributed by atoms with Gasteiger partial charge in [-0.05, 0) is 50.8 Å². The van der Waals surface area contributed by atoms with Crippen molar-refractivity contribution in [3.8, 4) is 5.75 Å². The summed E-state index contributed by atoms with van der Waals surface area (Å²) in [7, 11) is 0. The van der Waals surface area contributed by atoms with Crippen LogP contribution in [0.5, 0.6) is 5.75 Å². The number of aliphatic hydroxyl groups is 1. The number of ether oxygens (including phenoxy) is 1. The summed E-state index contributed by atoms with van der Waals surface area (Å²) < 4.78 is 5.89. The van der Waals surface area contributed by atoms with E-state index in [0.29, 0.717) is 12.5 Å². The molecule has 106 valence electrons. The van der Waals surface area contributed by atoms with E-state index in [2.05, 4.69) is 19.2 Å². The lowest BCUT2D eigenvalue weighted by atomic mass is 9.95. The summed E-state index contributed by atoms with van der Waals surface area (Å²) in [4.78, 5) is 0. The van der Waals surface area contributed by atoms with Crippen LogP contribution in [0.1, 0.15) is 31.7 Å². The first-order valence-electron chi connectivity index (χ1n) is 7.25. The normalized spacial score (nSPS) is 18.1. The van der Waals surface area contributed by atoms with Gasteiger partial charge in [0.05, 0.1) is 12.1 Å². The van der Waals surface area contributed by atoms with E-state index in [9.17, 15) is 5.11 Å². The minimum Gasteiger partial charge on any atom is -0.492 e. The lowest BCUT2D eigenvalue weighted by Gasteiger charge is -2.33. The number of hydrogen-bond acceptors (Lipinski definition) is 3. The van der Waals surface area contributed by atoms with Crippen molar-refractivity contribution in [3.63, 3.8) is 0 Å². The summed E-state index contributed by atoms with van der Waals surface area (Å²) in [6.07, 6.45) is 3.45. The highest BCUT2D eigenvalue weighted by Crippen LogP contribution is 2.40. The molecule has 1 aliphatic carbocycles. The summed E-state index contributed by atoms with van der Waals surface area (Å²) in [5, 5.41) is 13.3. The van der Waals surface area contributed by atoms with Gasteiger partial charge in [0.25, 0.3) is 0 Å². The highest BCUT2D eigenvalue weighted by molar-refractivity contribution is 5.26. The first kappa shape index (κ1) is 14.4. The highest BCUT2D eigenvalue weighted by Gasteiger charge is 2.45. The minimum absolute atomic E-state index is 0.142. The molecule has 2 rings (SSSR count). The topological polar surface area (TPSA) is 41.5 Å². The molecule has 0 radical (unpaired) electrons. The fraction of sp³-hybridized carbons (Fsp3) is 0.625. The molecule has 0 aromatic heterocycles. The maximum atomic E-state index is 9.79. The first-order valence-corrected chi connectivity index (χ1v) is 7.25. The standard InChI is InChI=1S/C16H25NO2/c1-3-10-17-16(11-18,14-6-7-14)12-19-15-8-4-13(2)5-9-15/h4-5,8-9,14,17-18H,3,6-7,10-12H2,1-2H3. The number of benzene rings is 1. The van der Waals surface area contributed by atoms with E-state index >= 15 is 0 Å². The van der Waals surface area contributed by atoms with Gasteiger partial charge in [-0.1, -0.05) is 24.6 Å². The molecule has 1 saturated carbocycles. The second kappa shape index (κ2) is 6.40. The lowest BCUT2D eigenvalue weighted by Crippen LogP contribution is -2.55. The van der Waals surface area contributed by atoms with Crippen LogP contribution in [0.4, 0.5) is 0 Å². The molecule has 1 aliphatic rings. The van der Waals surface area contributed by atoms with Crippen molar-refractivity contribution >= 4 is 0 Å². The molecule has 1 aromatic carbocycles. The molecule has 1 atom stereocenters. The molecular formula is C16H25NO2. The summed E-state index contributed by atoms with van der Waals surface area (Å²) in [5.41, 5.74) is 0.966. The molecule has 3 nitrogen and oxygen atoms in total. The first-order chi connectivity index (χ1) is 9.20. The van der Waals surface area contributed by atoms with Crippen LogP contribution in [-0.4, -0.2) is 30.4 Å². The maximum absolute atomic E-state index is 9.79. The van der Waals surface area contributed by atoms with Gasteiger partial charge in [0.2, 0.25) is 0 Å². The summed E-state index contributed by atoms with van der Waals surface area (Å²) in [6, 6.07) is 8.08. The monoisotopic (exact) mass is 263 g/mol. The van der Waals surface area contributed by atoms with Gasteiger partial charge >= 0.3 is 0 Å². The van der Waals surface area contributed by atoms with Crippen molar-refractivity contribution < 1.29 is 9.84 Å². The van der Waals surface area contributed by atoms with Gasteiger partial charge in [0.1, 0.15) is 12.4 Å². The Morgan fingerprint density at radius 3 is 2.53 bits per heavy atom. The van der Waals surface area contributed by atoms with E-state index in [0.717, 1.165) is 18.7 Å².